The molecule has 2 N–H and O–H groups in total. The molecule has 0 aliphatic rings. The van der Waals surface area contributed by atoms with Crippen LogP contribution < -0.4 is 0 Å². The summed E-state index contributed by atoms with van der Waals surface area (Å²) in [6.45, 7) is 8.25. The van der Waals surface area contributed by atoms with E-state index in [-0.39, 0.29) is 18.1 Å². The zero-order chi connectivity index (χ0) is 12.8. The van der Waals surface area contributed by atoms with Crippen LogP contribution in [-0.4, -0.2) is 40.4 Å². The van der Waals surface area contributed by atoms with E-state index in [1.807, 2.05) is 20.8 Å². The summed E-state index contributed by atoms with van der Waals surface area (Å²) >= 11 is 0. The van der Waals surface area contributed by atoms with E-state index in [1.54, 1.807) is 0 Å². The van der Waals surface area contributed by atoms with Crippen LogP contribution in [0, 0.1) is 5.41 Å². The average molecular weight is 231 g/mol. The van der Waals surface area contributed by atoms with Gasteiger partial charge in [-0.3, -0.25) is 0 Å². The molecule has 4 heteroatoms. The Morgan fingerprint density at radius 1 is 1.38 bits per heavy atom. The highest BCUT2D eigenvalue weighted by Gasteiger charge is 2.32. The zero-order valence-corrected chi connectivity index (χ0v) is 10.9. The van der Waals surface area contributed by atoms with Crippen LogP contribution in [0.25, 0.3) is 0 Å². The molecular formula is C12H25NO3. The molecule has 0 spiro atoms. The lowest BCUT2D eigenvalue weighted by Crippen LogP contribution is -2.45. The highest BCUT2D eigenvalue weighted by atomic mass is 16.4. The third kappa shape index (κ3) is 4.00. The normalized spacial score (nSPS) is 14.9. The van der Waals surface area contributed by atoms with Gasteiger partial charge in [0.05, 0.1) is 6.61 Å². The summed E-state index contributed by atoms with van der Waals surface area (Å²) in [7, 11) is 0. The standard InChI is InChI=1S/C12H25NO3/c1-5-7-12(6-2,9-14)8-13(10(3)4)11(15)16/h10,14H,5-9H2,1-4H3,(H,15,16). The molecular weight excluding hydrogens is 206 g/mol. The van der Waals surface area contributed by atoms with E-state index in [0.717, 1.165) is 19.3 Å². The lowest BCUT2D eigenvalue weighted by Gasteiger charge is -2.37. The van der Waals surface area contributed by atoms with Crippen LogP contribution in [0.15, 0.2) is 0 Å². The van der Waals surface area contributed by atoms with Crippen LogP contribution in [0.3, 0.4) is 0 Å². The van der Waals surface area contributed by atoms with Gasteiger partial charge in [-0.05, 0) is 26.7 Å². The molecule has 1 amide bonds. The van der Waals surface area contributed by atoms with Crippen molar-refractivity contribution in [3.05, 3.63) is 0 Å². The molecule has 0 fully saturated rings. The Hall–Kier alpha value is -0.770. The largest absolute Gasteiger partial charge is 0.465 e. The summed E-state index contributed by atoms with van der Waals surface area (Å²) in [6, 6.07) is -0.0492. The molecule has 1 atom stereocenters. The Bertz CT molecular complexity index is 212. The fraction of sp³-hybridized carbons (Fsp3) is 0.917. The first-order chi connectivity index (χ1) is 7.42. The van der Waals surface area contributed by atoms with Gasteiger partial charge in [-0.15, -0.1) is 0 Å². The lowest BCUT2D eigenvalue weighted by molar-refractivity contribution is 0.0487. The van der Waals surface area contributed by atoms with Crippen molar-refractivity contribution in [3.8, 4) is 0 Å². The Balaban J connectivity index is 4.75. The predicted octanol–water partition coefficient (Wildman–Crippen LogP) is 2.56. The van der Waals surface area contributed by atoms with Gasteiger partial charge < -0.3 is 15.1 Å². The molecule has 0 aromatic rings. The summed E-state index contributed by atoms with van der Waals surface area (Å²) in [5.74, 6) is 0. The number of hydrogen-bond donors (Lipinski definition) is 2. The van der Waals surface area contributed by atoms with Gasteiger partial charge in [0.25, 0.3) is 0 Å². The van der Waals surface area contributed by atoms with Crippen molar-refractivity contribution in [3.63, 3.8) is 0 Å². The molecule has 96 valence electrons. The SMILES string of the molecule is CCCC(CC)(CO)CN(C(=O)O)C(C)C. The Morgan fingerprint density at radius 2 is 1.94 bits per heavy atom. The molecule has 4 nitrogen and oxygen atoms in total. The molecule has 0 radical (unpaired) electrons. The molecule has 0 rings (SSSR count). The van der Waals surface area contributed by atoms with Crippen LogP contribution in [0.4, 0.5) is 4.79 Å². The first kappa shape index (κ1) is 15.2. The minimum absolute atomic E-state index is 0.0492. The fourth-order valence-corrected chi connectivity index (χ4v) is 1.97. The number of nitrogens with zero attached hydrogens (tertiary/aromatic N) is 1. The smallest absolute Gasteiger partial charge is 0.407 e. The van der Waals surface area contributed by atoms with E-state index < -0.39 is 6.09 Å². The second kappa shape index (κ2) is 6.74. The van der Waals surface area contributed by atoms with Gasteiger partial charge in [-0.1, -0.05) is 20.3 Å². The monoisotopic (exact) mass is 231 g/mol. The summed E-state index contributed by atoms with van der Waals surface area (Å²) in [5.41, 5.74) is -0.280. The van der Waals surface area contributed by atoms with Gasteiger partial charge in [0, 0.05) is 18.0 Å². The van der Waals surface area contributed by atoms with E-state index in [0.29, 0.717) is 6.54 Å². The van der Waals surface area contributed by atoms with Crippen molar-refractivity contribution < 1.29 is 15.0 Å². The van der Waals surface area contributed by atoms with Crippen LogP contribution in [0.5, 0.6) is 0 Å². The van der Waals surface area contributed by atoms with Gasteiger partial charge in [0.2, 0.25) is 0 Å². The first-order valence-electron chi connectivity index (χ1n) is 6.03. The van der Waals surface area contributed by atoms with Crippen LogP contribution in [0.1, 0.15) is 47.0 Å². The van der Waals surface area contributed by atoms with Gasteiger partial charge >= 0.3 is 6.09 Å². The molecule has 0 aliphatic heterocycles. The number of carboxylic acid groups (broad SMARTS) is 1. The topological polar surface area (TPSA) is 60.8 Å². The molecule has 0 saturated carbocycles. The molecule has 0 aromatic carbocycles. The van der Waals surface area contributed by atoms with Crippen LogP contribution in [-0.2, 0) is 0 Å². The average Bonchev–Trinajstić information content (AvgIpc) is 2.23. The van der Waals surface area contributed by atoms with Crippen molar-refractivity contribution in [1.29, 1.82) is 0 Å². The first-order valence-corrected chi connectivity index (χ1v) is 6.03. The van der Waals surface area contributed by atoms with E-state index in [2.05, 4.69) is 6.92 Å². The zero-order valence-electron chi connectivity index (χ0n) is 10.9. The number of carbonyl (C=O) groups is 1. The highest BCUT2D eigenvalue weighted by molar-refractivity contribution is 5.65. The van der Waals surface area contributed by atoms with Crippen molar-refractivity contribution >= 4 is 6.09 Å². The van der Waals surface area contributed by atoms with Gasteiger partial charge in [-0.25, -0.2) is 4.79 Å². The van der Waals surface area contributed by atoms with Crippen molar-refractivity contribution in [1.82, 2.24) is 4.90 Å². The Morgan fingerprint density at radius 3 is 2.19 bits per heavy atom. The number of aliphatic hydroxyl groups excluding tert-OH is 1. The Kier molecular flexibility index (Phi) is 6.41. The number of hydrogen-bond acceptors (Lipinski definition) is 2. The predicted molar refractivity (Wildman–Crippen MR) is 64.6 cm³/mol. The molecule has 1 unspecified atom stereocenters. The summed E-state index contributed by atoms with van der Waals surface area (Å²) in [4.78, 5) is 12.5. The van der Waals surface area contributed by atoms with Crippen LogP contribution in [0.2, 0.25) is 0 Å². The third-order valence-corrected chi connectivity index (χ3v) is 3.24. The molecule has 0 saturated heterocycles. The maximum absolute atomic E-state index is 11.1. The maximum atomic E-state index is 11.1. The van der Waals surface area contributed by atoms with Crippen molar-refractivity contribution in [2.45, 2.75) is 53.0 Å². The quantitative estimate of drug-likeness (QED) is 0.708. The van der Waals surface area contributed by atoms with Gasteiger partial charge in [0.1, 0.15) is 0 Å². The summed E-state index contributed by atoms with van der Waals surface area (Å²) in [6.07, 6.45) is 1.71. The van der Waals surface area contributed by atoms with Crippen LogP contribution >= 0.6 is 0 Å². The van der Waals surface area contributed by atoms with E-state index in [1.165, 1.54) is 4.90 Å². The summed E-state index contributed by atoms with van der Waals surface area (Å²) < 4.78 is 0. The second-order valence-electron chi connectivity index (χ2n) is 4.77. The maximum Gasteiger partial charge on any atom is 0.407 e. The number of aliphatic hydroxyl groups is 1. The van der Waals surface area contributed by atoms with Gasteiger partial charge in [-0.2, -0.15) is 0 Å². The molecule has 16 heavy (non-hydrogen) atoms. The second-order valence-corrected chi connectivity index (χ2v) is 4.77. The number of amides is 1. The van der Waals surface area contributed by atoms with E-state index >= 15 is 0 Å². The molecule has 0 aromatic heterocycles. The highest BCUT2D eigenvalue weighted by Crippen LogP contribution is 2.29. The number of rotatable bonds is 7. The van der Waals surface area contributed by atoms with E-state index in [4.69, 9.17) is 5.11 Å². The Labute approximate surface area is 98.3 Å². The lowest BCUT2D eigenvalue weighted by atomic mass is 9.81. The minimum Gasteiger partial charge on any atom is -0.465 e. The minimum atomic E-state index is -0.905. The molecule has 0 bridgehead atoms. The third-order valence-electron chi connectivity index (χ3n) is 3.24. The molecule has 0 aliphatic carbocycles. The van der Waals surface area contributed by atoms with E-state index in [9.17, 15) is 9.90 Å². The van der Waals surface area contributed by atoms with Crippen molar-refractivity contribution in [2.75, 3.05) is 13.2 Å². The van der Waals surface area contributed by atoms with Crippen molar-refractivity contribution in [2.24, 2.45) is 5.41 Å². The summed E-state index contributed by atoms with van der Waals surface area (Å²) in [5, 5.41) is 18.6. The fourth-order valence-electron chi connectivity index (χ4n) is 1.97. The van der Waals surface area contributed by atoms with Gasteiger partial charge in [0.15, 0.2) is 0 Å². The molecule has 0 heterocycles.